The Morgan fingerprint density at radius 1 is 1.29 bits per heavy atom. The molecule has 0 fully saturated rings. The molecule has 0 bridgehead atoms. The molecule has 1 aromatic heterocycles. The maximum absolute atomic E-state index is 12.3. The van der Waals surface area contributed by atoms with Gasteiger partial charge in [0.2, 0.25) is 0 Å². The lowest BCUT2D eigenvalue weighted by Gasteiger charge is -2.25. The van der Waals surface area contributed by atoms with Crippen molar-refractivity contribution in [1.82, 2.24) is 10.3 Å². The minimum Gasteiger partial charge on any atom is -0.384 e. The maximum atomic E-state index is 12.3. The highest BCUT2D eigenvalue weighted by atomic mass is 16.5. The van der Waals surface area contributed by atoms with E-state index in [1.54, 1.807) is 12.1 Å². The molecule has 5 heteroatoms. The predicted octanol–water partition coefficient (Wildman–Crippen LogP) is 2.51. The maximum Gasteiger partial charge on any atom is 0.251 e. The van der Waals surface area contributed by atoms with Gasteiger partial charge in [0.1, 0.15) is 5.82 Å². The Bertz CT molecular complexity index is 505. The minimum atomic E-state index is -0.393. The van der Waals surface area contributed by atoms with Gasteiger partial charge < -0.3 is 15.8 Å². The van der Waals surface area contributed by atoms with Crippen LogP contribution in [0.5, 0.6) is 0 Å². The molecule has 1 amide bonds. The summed E-state index contributed by atoms with van der Waals surface area (Å²) >= 11 is 0. The van der Waals surface area contributed by atoms with Gasteiger partial charge in [-0.05, 0) is 32.9 Å². The molecule has 1 heterocycles. The van der Waals surface area contributed by atoms with E-state index in [2.05, 4.69) is 10.3 Å². The van der Waals surface area contributed by atoms with Crippen LogP contribution in [0.15, 0.2) is 12.1 Å². The molecule has 1 rings (SSSR count). The number of ether oxygens (including phenoxy) is 1. The van der Waals surface area contributed by atoms with E-state index in [4.69, 9.17) is 10.5 Å². The number of aromatic nitrogens is 1. The summed E-state index contributed by atoms with van der Waals surface area (Å²) < 4.78 is 5.57. The van der Waals surface area contributed by atoms with Crippen molar-refractivity contribution in [2.75, 3.05) is 18.9 Å². The van der Waals surface area contributed by atoms with E-state index in [0.29, 0.717) is 24.5 Å². The van der Waals surface area contributed by atoms with Crippen LogP contribution in [0.25, 0.3) is 0 Å². The lowest BCUT2D eigenvalue weighted by molar-refractivity contribution is -0.00815. The van der Waals surface area contributed by atoms with E-state index in [0.717, 1.165) is 5.69 Å². The van der Waals surface area contributed by atoms with Crippen LogP contribution in [0, 0.1) is 0 Å². The van der Waals surface area contributed by atoms with Gasteiger partial charge in [-0.2, -0.15) is 0 Å². The van der Waals surface area contributed by atoms with E-state index >= 15 is 0 Å². The molecule has 0 atom stereocenters. The van der Waals surface area contributed by atoms with E-state index in [9.17, 15) is 4.79 Å². The number of hydrogen-bond acceptors (Lipinski definition) is 4. The minimum absolute atomic E-state index is 0.158. The zero-order valence-corrected chi connectivity index (χ0v) is 13.9. The molecule has 3 N–H and O–H groups in total. The summed E-state index contributed by atoms with van der Waals surface area (Å²) in [6, 6.07) is 3.39. The number of hydrogen-bond donors (Lipinski definition) is 2. The number of pyridine rings is 1. The van der Waals surface area contributed by atoms with Gasteiger partial charge in [0.05, 0.1) is 5.60 Å². The van der Waals surface area contributed by atoms with Gasteiger partial charge in [-0.1, -0.05) is 20.8 Å². The molecule has 0 radical (unpaired) electrons. The van der Waals surface area contributed by atoms with Crippen LogP contribution in [-0.2, 0) is 10.2 Å². The van der Waals surface area contributed by atoms with Crippen LogP contribution in [-0.4, -0.2) is 29.6 Å². The van der Waals surface area contributed by atoms with Gasteiger partial charge in [-0.15, -0.1) is 0 Å². The summed E-state index contributed by atoms with van der Waals surface area (Å²) in [4.78, 5) is 16.6. The van der Waals surface area contributed by atoms with Crippen LogP contribution < -0.4 is 11.1 Å². The molecule has 5 nitrogen and oxygen atoms in total. The van der Waals surface area contributed by atoms with Crippen molar-refractivity contribution in [3.63, 3.8) is 0 Å². The Morgan fingerprint density at radius 2 is 1.90 bits per heavy atom. The van der Waals surface area contributed by atoms with Crippen molar-refractivity contribution < 1.29 is 9.53 Å². The number of carbonyl (C=O) groups is 1. The van der Waals surface area contributed by atoms with Gasteiger partial charge in [-0.25, -0.2) is 4.98 Å². The van der Waals surface area contributed by atoms with Crippen LogP contribution in [0.2, 0.25) is 0 Å². The lowest BCUT2D eigenvalue weighted by Crippen LogP contribution is -2.40. The molecule has 118 valence electrons. The van der Waals surface area contributed by atoms with Crippen molar-refractivity contribution >= 4 is 11.7 Å². The number of nitrogens with one attached hydrogen (secondary N) is 1. The fourth-order valence-electron chi connectivity index (χ4n) is 1.90. The van der Waals surface area contributed by atoms with Crippen LogP contribution in [0.4, 0.5) is 5.82 Å². The van der Waals surface area contributed by atoms with E-state index in [-0.39, 0.29) is 11.3 Å². The molecule has 0 spiro atoms. The molecule has 0 aliphatic heterocycles. The molecule has 0 aliphatic carbocycles. The monoisotopic (exact) mass is 293 g/mol. The Morgan fingerprint density at radius 3 is 2.43 bits per heavy atom. The molecule has 0 unspecified atom stereocenters. The van der Waals surface area contributed by atoms with Crippen LogP contribution in [0.3, 0.4) is 0 Å². The van der Waals surface area contributed by atoms with Gasteiger partial charge in [0.15, 0.2) is 0 Å². The largest absolute Gasteiger partial charge is 0.384 e. The number of nitrogens with zero attached hydrogens (tertiary/aromatic N) is 1. The molecule has 1 aromatic rings. The average molecular weight is 293 g/mol. The molecule has 0 saturated carbocycles. The molecule has 21 heavy (non-hydrogen) atoms. The third kappa shape index (κ3) is 5.34. The van der Waals surface area contributed by atoms with Gasteiger partial charge in [0, 0.05) is 29.8 Å². The summed E-state index contributed by atoms with van der Waals surface area (Å²) in [5, 5.41) is 2.88. The third-order valence-corrected chi connectivity index (χ3v) is 3.09. The molecule has 0 aromatic carbocycles. The van der Waals surface area contributed by atoms with Gasteiger partial charge in [0.25, 0.3) is 5.91 Å². The summed E-state index contributed by atoms with van der Waals surface area (Å²) in [5.41, 5.74) is 6.59. The first-order chi connectivity index (χ1) is 9.55. The zero-order valence-electron chi connectivity index (χ0n) is 13.9. The summed E-state index contributed by atoms with van der Waals surface area (Å²) in [5.74, 6) is 0.194. The topological polar surface area (TPSA) is 77.2 Å². The Kier molecular flexibility index (Phi) is 5.34. The second-order valence-corrected chi connectivity index (χ2v) is 6.79. The third-order valence-electron chi connectivity index (χ3n) is 3.09. The van der Waals surface area contributed by atoms with E-state index < -0.39 is 5.60 Å². The zero-order chi connectivity index (χ0) is 16.3. The normalized spacial score (nSPS) is 12.3. The van der Waals surface area contributed by atoms with Crippen molar-refractivity contribution in [3.8, 4) is 0 Å². The Balaban J connectivity index is 2.86. The summed E-state index contributed by atoms with van der Waals surface area (Å²) in [6.07, 6.45) is 0. The first kappa shape index (κ1) is 17.4. The molecule has 0 aliphatic rings. The molecular formula is C16H27N3O2. The van der Waals surface area contributed by atoms with Gasteiger partial charge >= 0.3 is 0 Å². The van der Waals surface area contributed by atoms with Crippen molar-refractivity contribution in [3.05, 3.63) is 23.4 Å². The van der Waals surface area contributed by atoms with Crippen LogP contribution in [0.1, 0.15) is 57.6 Å². The number of carbonyl (C=O) groups excluding carboxylic acids is 1. The SMILES string of the molecule is CCOC(C)(C)CNC(=O)c1cc(N)nc(C(C)(C)C)c1. The van der Waals surface area contributed by atoms with Crippen LogP contribution >= 0.6 is 0 Å². The van der Waals surface area contributed by atoms with E-state index in [1.165, 1.54) is 0 Å². The summed E-state index contributed by atoms with van der Waals surface area (Å²) in [7, 11) is 0. The standard InChI is InChI=1S/C16H27N3O2/c1-7-21-16(5,6)10-18-14(20)11-8-12(15(2,3)4)19-13(17)9-11/h8-9H,7,10H2,1-6H3,(H2,17,19)(H,18,20). The number of nitrogen functional groups attached to an aromatic ring is 1. The Hall–Kier alpha value is -1.62. The lowest BCUT2D eigenvalue weighted by atomic mass is 9.90. The molecule has 0 saturated heterocycles. The fraction of sp³-hybridized carbons (Fsp3) is 0.625. The van der Waals surface area contributed by atoms with E-state index in [1.807, 2.05) is 41.5 Å². The number of rotatable bonds is 5. The predicted molar refractivity (Wildman–Crippen MR) is 85.4 cm³/mol. The number of anilines is 1. The van der Waals surface area contributed by atoms with Gasteiger partial charge in [-0.3, -0.25) is 4.79 Å². The Labute approximate surface area is 127 Å². The highest BCUT2D eigenvalue weighted by Gasteiger charge is 2.21. The van der Waals surface area contributed by atoms with Crippen molar-refractivity contribution in [2.45, 2.75) is 52.6 Å². The quantitative estimate of drug-likeness (QED) is 0.874. The molecular weight excluding hydrogens is 266 g/mol. The second-order valence-electron chi connectivity index (χ2n) is 6.79. The highest BCUT2D eigenvalue weighted by Crippen LogP contribution is 2.22. The summed E-state index contributed by atoms with van der Waals surface area (Å²) in [6.45, 7) is 13.0. The number of nitrogens with two attached hydrogens (primary N) is 1. The van der Waals surface area contributed by atoms with Crippen molar-refractivity contribution in [1.29, 1.82) is 0 Å². The first-order valence-electron chi connectivity index (χ1n) is 7.25. The fourth-order valence-corrected chi connectivity index (χ4v) is 1.90. The number of amides is 1. The van der Waals surface area contributed by atoms with Crippen molar-refractivity contribution in [2.24, 2.45) is 0 Å². The highest BCUT2D eigenvalue weighted by molar-refractivity contribution is 5.95. The smallest absolute Gasteiger partial charge is 0.251 e. The first-order valence-corrected chi connectivity index (χ1v) is 7.25. The average Bonchev–Trinajstić information content (AvgIpc) is 2.34. The second kappa shape index (κ2) is 6.43.